The van der Waals surface area contributed by atoms with Crippen molar-refractivity contribution in [2.24, 2.45) is 0 Å². The van der Waals surface area contributed by atoms with E-state index in [4.69, 9.17) is 9.47 Å². The number of ether oxygens (including phenoxy) is 3. The number of benzene rings is 1. The van der Waals surface area contributed by atoms with E-state index < -0.39 is 12.1 Å². The predicted octanol–water partition coefficient (Wildman–Crippen LogP) is 1.20. The standard InChI is InChI=1S/C12H12O5/c1-15-7-3-4-10-8(5-7)9(13)6-11(17-10)12(14)16-2/h3-5,11H,6H2,1-2H3/t11-/m1/s1. The second-order valence-corrected chi connectivity index (χ2v) is 3.62. The Balaban J connectivity index is 2.32. The molecule has 0 aliphatic carbocycles. The van der Waals surface area contributed by atoms with Gasteiger partial charge in [0, 0.05) is 0 Å². The molecule has 0 amide bonds. The molecule has 1 aliphatic rings. The molecule has 0 bridgehead atoms. The SMILES string of the molecule is COC(=O)[C@H]1CC(=O)c2cc(OC)ccc2O1. The summed E-state index contributed by atoms with van der Waals surface area (Å²) in [5.41, 5.74) is 0.435. The van der Waals surface area contributed by atoms with Crippen molar-refractivity contribution in [1.82, 2.24) is 0 Å². The Kier molecular flexibility index (Phi) is 2.99. The average Bonchev–Trinajstić information content (AvgIpc) is 2.37. The molecule has 0 radical (unpaired) electrons. The maximum atomic E-state index is 11.8. The second-order valence-electron chi connectivity index (χ2n) is 3.62. The highest BCUT2D eigenvalue weighted by atomic mass is 16.6. The van der Waals surface area contributed by atoms with Crippen molar-refractivity contribution >= 4 is 11.8 Å². The summed E-state index contributed by atoms with van der Waals surface area (Å²) in [6, 6.07) is 4.89. The van der Waals surface area contributed by atoms with E-state index in [0.717, 1.165) is 0 Å². The lowest BCUT2D eigenvalue weighted by atomic mass is 10.0. The third-order valence-corrected chi connectivity index (χ3v) is 2.59. The Hall–Kier alpha value is -2.04. The summed E-state index contributed by atoms with van der Waals surface area (Å²) in [6.45, 7) is 0. The first-order valence-corrected chi connectivity index (χ1v) is 5.11. The fourth-order valence-corrected chi connectivity index (χ4v) is 1.69. The molecule has 1 aromatic rings. The topological polar surface area (TPSA) is 61.8 Å². The van der Waals surface area contributed by atoms with Crippen molar-refractivity contribution < 1.29 is 23.8 Å². The molecule has 1 aliphatic heterocycles. The molecule has 5 nitrogen and oxygen atoms in total. The first-order valence-electron chi connectivity index (χ1n) is 5.11. The second kappa shape index (κ2) is 4.45. The number of methoxy groups -OCH3 is 2. The molecule has 0 saturated heterocycles. The Morgan fingerprint density at radius 2 is 2.18 bits per heavy atom. The van der Waals surface area contributed by atoms with Crippen LogP contribution in [0.3, 0.4) is 0 Å². The minimum atomic E-state index is -0.853. The van der Waals surface area contributed by atoms with E-state index in [1.165, 1.54) is 14.2 Å². The molecule has 1 aromatic carbocycles. The first-order chi connectivity index (χ1) is 8.15. The molecule has 5 heteroatoms. The van der Waals surface area contributed by atoms with E-state index in [-0.39, 0.29) is 12.2 Å². The van der Waals surface area contributed by atoms with Crippen molar-refractivity contribution in [2.75, 3.05) is 14.2 Å². The van der Waals surface area contributed by atoms with Crippen LogP contribution >= 0.6 is 0 Å². The van der Waals surface area contributed by atoms with Gasteiger partial charge in [0.15, 0.2) is 5.78 Å². The highest BCUT2D eigenvalue weighted by Crippen LogP contribution is 2.31. The van der Waals surface area contributed by atoms with Gasteiger partial charge in [-0.15, -0.1) is 0 Å². The zero-order valence-electron chi connectivity index (χ0n) is 9.56. The van der Waals surface area contributed by atoms with Crippen LogP contribution in [-0.2, 0) is 9.53 Å². The normalized spacial score (nSPS) is 18.0. The van der Waals surface area contributed by atoms with Crippen LogP contribution in [0.4, 0.5) is 0 Å². The molecule has 1 atom stereocenters. The molecule has 1 heterocycles. The Morgan fingerprint density at radius 3 is 2.82 bits per heavy atom. The number of carbonyl (C=O) groups excluding carboxylic acids is 2. The van der Waals surface area contributed by atoms with E-state index in [9.17, 15) is 9.59 Å². The van der Waals surface area contributed by atoms with Gasteiger partial charge in [0.2, 0.25) is 6.10 Å². The third-order valence-electron chi connectivity index (χ3n) is 2.59. The smallest absolute Gasteiger partial charge is 0.347 e. The van der Waals surface area contributed by atoms with Gasteiger partial charge in [0.25, 0.3) is 0 Å². The maximum Gasteiger partial charge on any atom is 0.347 e. The number of ketones is 1. The van der Waals surface area contributed by atoms with E-state index in [1.807, 2.05) is 0 Å². The fraction of sp³-hybridized carbons (Fsp3) is 0.333. The van der Waals surface area contributed by atoms with Gasteiger partial charge in [0.1, 0.15) is 11.5 Å². The van der Waals surface area contributed by atoms with Gasteiger partial charge in [-0.1, -0.05) is 0 Å². The number of esters is 1. The zero-order chi connectivity index (χ0) is 12.4. The summed E-state index contributed by atoms with van der Waals surface area (Å²) < 4.78 is 15.0. The number of hydrogen-bond donors (Lipinski definition) is 0. The van der Waals surface area contributed by atoms with Crippen molar-refractivity contribution in [1.29, 1.82) is 0 Å². The first kappa shape index (κ1) is 11.4. The molecule has 0 saturated carbocycles. The number of Topliss-reactive ketones (excluding diaryl/α,β-unsaturated/α-hetero) is 1. The summed E-state index contributed by atoms with van der Waals surface area (Å²) in [6.07, 6.45) is -0.860. The van der Waals surface area contributed by atoms with Crippen LogP contribution in [0.25, 0.3) is 0 Å². The van der Waals surface area contributed by atoms with Gasteiger partial charge < -0.3 is 14.2 Å². The molecular formula is C12H12O5. The molecular weight excluding hydrogens is 224 g/mol. The zero-order valence-corrected chi connectivity index (χ0v) is 9.56. The van der Waals surface area contributed by atoms with Crippen molar-refractivity contribution in [3.8, 4) is 11.5 Å². The van der Waals surface area contributed by atoms with Gasteiger partial charge in [-0.25, -0.2) is 4.79 Å². The lowest BCUT2D eigenvalue weighted by Gasteiger charge is -2.23. The lowest BCUT2D eigenvalue weighted by Crippen LogP contribution is -2.34. The van der Waals surface area contributed by atoms with Crippen molar-refractivity contribution in [3.63, 3.8) is 0 Å². The van der Waals surface area contributed by atoms with Crippen LogP contribution in [0.5, 0.6) is 11.5 Å². The number of rotatable bonds is 2. The summed E-state index contributed by atoms with van der Waals surface area (Å²) in [7, 11) is 2.78. The summed E-state index contributed by atoms with van der Waals surface area (Å²) >= 11 is 0. The quantitative estimate of drug-likeness (QED) is 0.722. The van der Waals surface area contributed by atoms with Crippen LogP contribution in [0.1, 0.15) is 16.8 Å². The minimum Gasteiger partial charge on any atom is -0.497 e. The van der Waals surface area contributed by atoms with E-state index >= 15 is 0 Å². The van der Waals surface area contributed by atoms with Crippen molar-refractivity contribution in [2.45, 2.75) is 12.5 Å². The molecule has 0 N–H and O–H groups in total. The van der Waals surface area contributed by atoms with Gasteiger partial charge in [-0.3, -0.25) is 4.79 Å². The Morgan fingerprint density at radius 1 is 1.41 bits per heavy atom. The summed E-state index contributed by atoms with van der Waals surface area (Å²) in [4.78, 5) is 23.2. The van der Waals surface area contributed by atoms with Crippen LogP contribution in [0.15, 0.2) is 18.2 Å². The monoisotopic (exact) mass is 236 g/mol. The van der Waals surface area contributed by atoms with Gasteiger partial charge in [-0.05, 0) is 18.2 Å². The highest BCUT2D eigenvalue weighted by Gasteiger charge is 2.32. The van der Waals surface area contributed by atoms with Crippen molar-refractivity contribution in [3.05, 3.63) is 23.8 Å². The van der Waals surface area contributed by atoms with Gasteiger partial charge in [0.05, 0.1) is 26.2 Å². The lowest BCUT2D eigenvalue weighted by molar-refractivity contribution is -0.148. The van der Waals surface area contributed by atoms with E-state index in [2.05, 4.69) is 4.74 Å². The van der Waals surface area contributed by atoms with Gasteiger partial charge in [-0.2, -0.15) is 0 Å². The van der Waals surface area contributed by atoms with Gasteiger partial charge >= 0.3 is 5.97 Å². The summed E-state index contributed by atoms with van der Waals surface area (Å²) in [5.74, 6) is 0.273. The molecule has 17 heavy (non-hydrogen) atoms. The third kappa shape index (κ3) is 2.08. The van der Waals surface area contributed by atoms with Crippen LogP contribution in [-0.4, -0.2) is 32.1 Å². The summed E-state index contributed by atoms with van der Waals surface area (Å²) in [5, 5.41) is 0. The number of carbonyl (C=O) groups is 2. The Labute approximate surface area is 98.3 Å². The molecule has 90 valence electrons. The minimum absolute atomic E-state index is 0.00710. The highest BCUT2D eigenvalue weighted by molar-refractivity contribution is 6.02. The molecule has 0 unspecified atom stereocenters. The predicted molar refractivity (Wildman–Crippen MR) is 58.4 cm³/mol. The van der Waals surface area contributed by atoms with E-state index in [0.29, 0.717) is 17.1 Å². The molecule has 0 aromatic heterocycles. The number of fused-ring (bicyclic) bond motifs is 1. The molecule has 0 fully saturated rings. The van der Waals surface area contributed by atoms with E-state index in [1.54, 1.807) is 18.2 Å². The maximum absolute atomic E-state index is 11.8. The average molecular weight is 236 g/mol. The number of hydrogen-bond acceptors (Lipinski definition) is 5. The fourth-order valence-electron chi connectivity index (χ4n) is 1.69. The van der Waals surface area contributed by atoms with Crippen LogP contribution in [0.2, 0.25) is 0 Å². The molecule has 2 rings (SSSR count). The molecule has 0 spiro atoms. The largest absolute Gasteiger partial charge is 0.497 e. The Bertz CT molecular complexity index is 466. The van der Waals surface area contributed by atoms with Crippen LogP contribution in [0, 0.1) is 0 Å². The van der Waals surface area contributed by atoms with Crippen LogP contribution < -0.4 is 9.47 Å².